The molecule has 6 nitrogen and oxygen atoms in total. The summed E-state index contributed by atoms with van der Waals surface area (Å²) in [4.78, 5) is 24.1. The maximum atomic E-state index is 12.6. The van der Waals surface area contributed by atoms with E-state index in [1.165, 1.54) is 12.1 Å². The zero-order chi connectivity index (χ0) is 21.2. The molecule has 0 saturated heterocycles. The molecule has 1 aromatic heterocycles. The van der Waals surface area contributed by atoms with Gasteiger partial charge in [-0.05, 0) is 24.3 Å². The summed E-state index contributed by atoms with van der Waals surface area (Å²) in [7, 11) is 0. The Morgan fingerprint density at radius 1 is 1.00 bits per heavy atom. The Morgan fingerprint density at radius 3 is 2.28 bits per heavy atom. The number of urea groups is 1. The number of anilines is 1. The summed E-state index contributed by atoms with van der Waals surface area (Å²) >= 11 is 12.0. The van der Waals surface area contributed by atoms with Gasteiger partial charge in [-0.2, -0.15) is 13.2 Å². The van der Waals surface area contributed by atoms with Crippen molar-refractivity contribution in [1.82, 2.24) is 10.5 Å². The minimum absolute atomic E-state index is 0.0480. The fourth-order valence-corrected chi connectivity index (χ4v) is 2.75. The van der Waals surface area contributed by atoms with E-state index >= 15 is 0 Å². The lowest BCUT2D eigenvalue weighted by molar-refractivity contribution is -0.137. The quantitative estimate of drug-likeness (QED) is 0.549. The highest BCUT2D eigenvalue weighted by Crippen LogP contribution is 2.36. The number of amides is 3. The van der Waals surface area contributed by atoms with Gasteiger partial charge in [-0.15, -0.1) is 0 Å². The van der Waals surface area contributed by atoms with Gasteiger partial charge in [0.05, 0.1) is 16.1 Å². The second-order valence-corrected chi connectivity index (χ2v) is 6.42. The largest absolute Gasteiger partial charge is 0.416 e. The average Bonchev–Trinajstić information content (AvgIpc) is 3.01. The number of alkyl halides is 3. The monoisotopic (exact) mass is 443 g/mol. The SMILES string of the molecule is O=C(NC(=O)c1ccccc1Cl)Nc1noc(-c2ccc(C(F)(F)F)cc2)c1Cl. The number of halogens is 5. The molecule has 0 saturated carbocycles. The fourth-order valence-electron chi connectivity index (χ4n) is 2.30. The van der Waals surface area contributed by atoms with E-state index in [4.69, 9.17) is 27.7 Å². The van der Waals surface area contributed by atoms with Gasteiger partial charge in [0.2, 0.25) is 0 Å². The molecule has 3 amide bonds. The molecule has 2 N–H and O–H groups in total. The van der Waals surface area contributed by atoms with Gasteiger partial charge in [0, 0.05) is 5.56 Å². The van der Waals surface area contributed by atoms with Gasteiger partial charge in [-0.3, -0.25) is 15.4 Å². The number of benzene rings is 2. The number of hydrogen-bond donors (Lipinski definition) is 2. The molecule has 0 aliphatic rings. The summed E-state index contributed by atoms with van der Waals surface area (Å²) < 4.78 is 43.0. The van der Waals surface area contributed by atoms with Crippen LogP contribution in [-0.4, -0.2) is 17.1 Å². The van der Waals surface area contributed by atoms with Crippen LogP contribution in [0.2, 0.25) is 10.0 Å². The summed E-state index contributed by atoms with van der Waals surface area (Å²) in [5, 5.41) is 7.84. The van der Waals surface area contributed by atoms with Gasteiger partial charge in [-0.1, -0.05) is 52.6 Å². The summed E-state index contributed by atoms with van der Waals surface area (Å²) in [6.07, 6.45) is -4.48. The van der Waals surface area contributed by atoms with E-state index in [0.717, 1.165) is 24.3 Å². The van der Waals surface area contributed by atoms with Gasteiger partial charge in [0.15, 0.2) is 11.6 Å². The predicted molar refractivity (Wildman–Crippen MR) is 99.9 cm³/mol. The molecule has 2 aromatic carbocycles. The van der Waals surface area contributed by atoms with Crippen LogP contribution in [-0.2, 0) is 6.18 Å². The number of carbonyl (C=O) groups excluding carboxylic acids is 2. The van der Waals surface area contributed by atoms with Crippen molar-refractivity contribution in [2.75, 3.05) is 5.32 Å². The van der Waals surface area contributed by atoms with Crippen LogP contribution in [0.4, 0.5) is 23.8 Å². The molecule has 150 valence electrons. The smallest absolute Gasteiger partial charge is 0.352 e. The third kappa shape index (κ3) is 4.69. The van der Waals surface area contributed by atoms with Crippen LogP contribution in [0.15, 0.2) is 53.1 Å². The van der Waals surface area contributed by atoms with E-state index < -0.39 is 23.7 Å². The van der Waals surface area contributed by atoms with Crippen molar-refractivity contribution in [2.24, 2.45) is 0 Å². The summed E-state index contributed by atoms with van der Waals surface area (Å²) in [5.41, 5.74) is -0.537. The summed E-state index contributed by atoms with van der Waals surface area (Å²) in [6, 6.07) is 9.17. The van der Waals surface area contributed by atoms with Crippen molar-refractivity contribution < 1.29 is 27.3 Å². The van der Waals surface area contributed by atoms with Crippen LogP contribution < -0.4 is 10.6 Å². The van der Waals surface area contributed by atoms with Crippen molar-refractivity contribution in [3.8, 4) is 11.3 Å². The number of imide groups is 1. The maximum absolute atomic E-state index is 12.6. The topological polar surface area (TPSA) is 84.2 Å². The highest BCUT2D eigenvalue weighted by molar-refractivity contribution is 6.36. The fraction of sp³-hybridized carbons (Fsp3) is 0.0556. The van der Waals surface area contributed by atoms with Crippen LogP contribution in [0, 0.1) is 0 Å². The minimum Gasteiger partial charge on any atom is -0.352 e. The molecular weight excluding hydrogens is 434 g/mol. The molecule has 0 fully saturated rings. The molecule has 0 unspecified atom stereocenters. The van der Waals surface area contributed by atoms with E-state index in [1.807, 2.05) is 5.32 Å². The summed E-state index contributed by atoms with van der Waals surface area (Å²) in [6.45, 7) is 0. The molecular formula is C18H10Cl2F3N3O3. The number of rotatable bonds is 3. The lowest BCUT2D eigenvalue weighted by Crippen LogP contribution is -2.34. The zero-order valence-corrected chi connectivity index (χ0v) is 15.7. The maximum Gasteiger partial charge on any atom is 0.416 e. The molecule has 0 spiro atoms. The Balaban J connectivity index is 1.72. The Hall–Kier alpha value is -3.04. The molecule has 0 atom stereocenters. The van der Waals surface area contributed by atoms with Gasteiger partial charge in [-0.25, -0.2) is 4.79 Å². The van der Waals surface area contributed by atoms with Gasteiger partial charge < -0.3 is 4.52 Å². The number of nitrogens with one attached hydrogen (secondary N) is 2. The van der Waals surface area contributed by atoms with Gasteiger partial charge in [0.1, 0.15) is 5.02 Å². The number of carbonyl (C=O) groups is 2. The first-order valence-electron chi connectivity index (χ1n) is 7.86. The molecule has 3 rings (SSSR count). The molecule has 29 heavy (non-hydrogen) atoms. The molecule has 3 aromatic rings. The van der Waals surface area contributed by atoms with Crippen molar-refractivity contribution in [3.63, 3.8) is 0 Å². The van der Waals surface area contributed by atoms with E-state index in [0.29, 0.717) is 0 Å². The summed E-state index contributed by atoms with van der Waals surface area (Å²) in [5.74, 6) is -1.02. The van der Waals surface area contributed by atoms with Crippen LogP contribution in [0.25, 0.3) is 11.3 Å². The van der Waals surface area contributed by atoms with Gasteiger partial charge in [0.25, 0.3) is 5.91 Å². The van der Waals surface area contributed by atoms with Crippen molar-refractivity contribution in [1.29, 1.82) is 0 Å². The number of nitrogens with zero attached hydrogens (tertiary/aromatic N) is 1. The van der Waals surface area contributed by atoms with Crippen LogP contribution in [0.5, 0.6) is 0 Å². The zero-order valence-electron chi connectivity index (χ0n) is 14.2. The molecule has 11 heteroatoms. The third-order valence-electron chi connectivity index (χ3n) is 3.69. The minimum atomic E-state index is -4.48. The Kier molecular flexibility index (Phi) is 5.81. The highest BCUT2D eigenvalue weighted by atomic mass is 35.5. The van der Waals surface area contributed by atoms with Gasteiger partial charge >= 0.3 is 12.2 Å². The Labute approximate surface area is 171 Å². The van der Waals surface area contributed by atoms with Crippen molar-refractivity contribution in [3.05, 3.63) is 69.7 Å². The molecule has 0 radical (unpaired) electrons. The second kappa shape index (κ2) is 8.14. The van der Waals surface area contributed by atoms with Crippen molar-refractivity contribution in [2.45, 2.75) is 6.18 Å². The lowest BCUT2D eigenvalue weighted by atomic mass is 10.1. The van der Waals surface area contributed by atoms with Crippen molar-refractivity contribution >= 4 is 41.0 Å². The van der Waals surface area contributed by atoms with Crippen LogP contribution >= 0.6 is 23.2 Å². The first kappa shape index (κ1) is 20.7. The highest BCUT2D eigenvalue weighted by Gasteiger charge is 2.30. The number of aromatic nitrogens is 1. The molecule has 0 bridgehead atoms. The molecule has 1 heterocycles. The third-order valence-corrected chi connectivity index (χ3v) is 4.37. The normalized spacial score (nSPS) is 11.2. The van der Waals surface area contributed by atoms with Crippen LogP contribution in [0.3, 0.4) is 0 Å². The molecule has 0 aliphatic heterocycles. The van der Waals surface area contributed by atoms with E-state index in [9.17, 15) is 22.8 Å². The average molecular weight is 444 g/mol. The van der Waals surface area contributed by atoms with Crippen LogP contribution in [0.1, 0.15) is 15.9 Å². The lowest BCUT2D eigenvalue weighted by Gasteiger charge is -2.06. The Morgan fingerprint density at radius 2 is 1.66 bits per heavy atom. The standard InChI is InChI=1S/C18H10Cl2F3N3O3/c19-12-4-2-1-3-11(12)16(27)25-17(28)24-15-13(20)14(29-26-15)9-5-7-10(8-6-9)18(21,22)23/h1-8H,(H2,24,25,26,27,28). The number of hydrogen-bond acceptors (Lipinski definition) is 4. The predicted octanol–water partition coefficient (Wildman–Crippen LogP) is 5.63. The first-order chi connectivity index (χ1) is 13.7. The second-order valence-electron chi connectivity index (χ2n) is 5.64. The van der Waals surface area contributed by atoms with E-state index in [-0.39, 0.29) is 32.8 Å². The van der Waals surface area contributed by atoms with E-state index in [1.54, 1.807) is 12.1 Å². The Bertz CT molecular complexity index is 1070. The van der Waals surface area contributed by atoms with E-state index in [2.05, 4.69) is 10.5 Å². The molecule has 0 aliphatic carbocycles. The first-order valence-corrected chi connectivity index (χ1v) is 8.62.